The van der Waals surface area contributed by atoms with E-state index >= 15 is 0 Å². The molecule has 28 heavy (non-hydrogen) atoms. The van der Waals surface area contributed by atoms with E-state index in [1.807, 2.05) is 24.3 Å². The largest absolute Gasteiger partial charge is 0.354 e. The van der Waals surface area contributed by atoms with Gasteiger partial charge >= 0.3 is 5.78 Å². The van der Waals surface area contributed by atoms with Gasteiger partial charge in [0.05, 0.1) is 11.1 Å². The molecule has 0 amide bonds. The normalized spacial score (nSPS) is 11.1. The molecule has 0 radical (unpaired) electrons. The molecule has 0 aliphatic heterocycles. The van der Waals surface area contributed by atoms with E-state index < -0.39 is 0 Å². The molecule has 0 unspecified atom stereocenters. The molecular weight excluding hydrogens is 360 g/mol. The van der Waals surface area contributed by atoms with E-state index in [1.165, 1.54) is 15.4 Å². The van der Waals surface area contributed by atoms with Crippen molar-refractivity contribution < 1.29 is 4.79 Å². The van der Waals surface area contributed by atoms with Gasteiger partial charge in [-0.3, -0.25) is 4.79 Å². The number of rotatable bonds is 7. The van der Waals surface area contributed by atoms with Gasteiger partial charge < -0.3 is 0 Å². The Morgan fingerprint density at radius 1 is 0.929 bits per heavy atom. The molecule has 0 spiro atoms. The molecule has 0 aliphatic carbocycles. The van der Waals surface area contributed by atoms with Gasteiger partial charge in [-0.1, -0.05) is 85.1 Å². The van der Waals surface area contributed by atoms with Crippen LogP contribution in [0.3, 0.4) is 0 Å². The Morgan fingerprint density at radius 3 is 2.39 bits per heavy atom. The number of carbonyl (C=O) groups excluding carboxylic acids is 1. The monoisotopic (exact) mass is 383 g/mol. The van der Waals surface area contributed by atoms with Crippen molar-refractivity contribution in [1.29, 1.82) is 0 Å². The molecule has 0 bridgehead atoms. The molecular formula is C26H23OS+. The predicted molar refractivity (Wildman–Crippen MR) is 122 cm³/mol. The standard InChI is InChI=1S/C26H22OS/c1-4-9-20(5-2)26(27)22-11-8-10-21(18-22)24-12-6-7-13-25(24)28-23-16-14-19(3)15-17-23/h4-18H,1-2H2,3H3/p+1/b20-9+. The first-order chi connectivity index (χ1) is 13.6. The average Bonchev–Trinajstić information content (AvgIpc) is 2.73. The summed E-state index contributed by atoms with van der Waals surface area (Å²) < 4.78 is 0. The van der Waals surface area contributed by atoms with Gasteiger partial charge in [0.1, 0.15) is 0 Å². The number of hydrogen-bond acceptors (Lipinski definition) is 1. The van der Waals surface area contributed by atoms with E-state index in [0.29, 0.717) is 5.57 Å². The van der Waals surface area contributed by atoms with Crippen LogP contribution in [0.5, 0.6) is 0 Å². The van der Waals surface area contributed by atoms with Crippen molar-refractivity contribution in [3.63, 3.8) is 0 Å². The van der Waals surface area contributed by atoms with Crippen LogP contribution in [-0.4, -0.2) is 10.6 Å². The first kappa shape index (κ1) is 19.7. The molecule has 1 nitrogen and oxygen atoms in total. The van der Waals surface area contributed by atoms with Gasteiger partial charge in [0.15, 0.2) is 0 Å². The number of benzene rings is 3. The lowest BCUT2D eigenvalue weighted by Gasteiger charge is -2.10. The second-order valence-corrected chi connectivity index (χ2v) is 7.52. The SMILES string of the molecule is C=C/C=C(\C=C)C(=[OH+])c1cccc(-c2ccccc2Sc2ccc(C)cc2)c1. The van der Waals surface area contributed by atoms with Crippen LogP contribution in [0.15, 0.2) is 120 Å². The molecule has 0 saturated heterocycles. The summed E-state index contributed by atoms with van der Waals surface area (Å²) in [5, 5.41) is 0. The van der Waals surface area contributed by atoms with Crippen LogP contribution in [0, 0.1) is 6.92 Å². The van der Waals surface area contributed by atoms with Gasteiger partial charge in [-0.2, -0.15) is 0 Å². The minimum absolute atomic E-state index is 0.195. The second-order valence-electron chi connectivity index (χ2n) is 6.40. The van der Waals surface area contributed by atoms with E-state index in [1.54, 1.807) is 30.0 Å². The van der Waals surface area contributed by atoms with E-state index in [4.69, 9.17) is 0 Å². The van der Waals surface area contributed by atoms with Crippen molar-refractivity contribution in [2.75, 3.05) is 0 Å². The number of ketones is 1. The predicted octanol–water partition coefficient (Wildman–Crippen LogP) is 7.00. The maximum absolute atomic E-state index is 10.6. The summed E-state index contributed by atoms with van der Waals surface area (Å²) in [7, 11) is 0. The average molecular weight is 384 g/mol. The number of aryl methyl sites for hydroxylation is 1. The fraction of sp³-hybridized carbons (Fsp3) is 0.0385. The third-order valence-corrected chi connectivity index (χ3v) is 5.46. The molecule has 3 rings (SSSR count). The van der Waals surface area contributed by atoms with Gasteiger partial charge in [-0.25, -0.2) is 0 Å². The minimum atomic E-state index is 0.195. The van der Waals surface area contributed by atoms with Crippen molar-refractivity contribution >= 4 is 17.5 Å². The van der Waals surface area contributed by atoms with Gasteiger partial charge in [0.25, 0.3) is 0 Å². The van der Waals surface area contributed by atoms with Crippen LogP contribution in [-0.2, 0) is 0 Å². The zero-order valence-corrected chi connectivity index (χ0v) is 16.7. The van der Waals surface area contributed by atoms with Crippen LogP contribution in [0.4, 0.5) is 0 Å². The van der Waals surface area contributed by atoms with Crippen molar-refractivity contribution in [3.05, 3.63) is 121 Å². The number of hydrogen-bond donors (Lipinski definition) is 0. The molecule has 0 atom stereocenters. The van der Waals surface area contributed by atoms with E-state index in [9.17, 15) is 4.79 Å². The van der Waals surface area contributed by atoms with E-state index in [2.05, 4.69) is 68.6 Å². The topological polar surface area (TPSA) is 21.4 Å². The Labute approximate surface area is 171 Å². The summed E-state index contributed by atoms with van der Waals surface area (Å²) in [6, 6.07) is 24.8. The van der Waals surface area contributed by atoms with Crippen molar-refractivity contribution in [1.82, 2.24) is 0 Å². The quantitative estimate of drug-likeness (QED) is 0.186. The van der Waals surface area contributed by atoms with Crippen LogP contribution < -0.4 is 0 Å². The van der Waals surface area contributed by atoms with Gasteiger partial charge in [-0.15, -0.1) is 0 Å². The lowest BCUT2D eigenvalue weighted by atomic mass is 9.98. The van der Waals surface area contributed by atoms with Crippen molar-refractivity contribution in [3.8, 4) is 11.1 Å². The smallest absolute Gasteiger partial charge is 0.273 e. The molecule has 0 fully saturated rings. The molecule has 0 aromatic heterocycles. The molecule has 0 heterocycles. The van der Waals surface area contributed by atoms with Crippen LogP contribution >= 0.6 is 11.8 Å². The Hall–Kier alpha value is -3.10. The highest BCUT2D eigenvalue weighted by molar-refractivity contribution is 7.99. The first-order valence-electron chi connectivity index (χ1n) is 9.08. The molecule has 3 aromatic rings. The molecule has 138 valence electrons. The fourth-order valence-electron chi connectivity index (χ4n) is 2.90. The molecule has 2 heteroatoms. The van der Waals surface area contributed by atoms with Crippen LogP contribution in [0.2, 0.25) is 0 Å². The molecule has 3 aromatic carbocycles. The highest BCUT2D eigenvalue weighted by Crippen LogP contribution is 2.36. The van der Waals surface area contributed by atoms with E-state index in [-0.39, 0.29) is 5.78 Å². The second kappa shape index (κ2) is 9.20. The summed E-state index contributed by atoms with van der Waals surface area (Å²) >= 11 is 1.74. The van der Waals surface area contributed by atoms with Crippen molar-refractivity contribution in [2.24, 2.45) is 0 Å². The minimum Gasteiger partial charge on any atom is -0.273 e. The molecule has 1 N–H and O–H groups in total. The van der Waals surface area contributed by atoms with Crippen molar-refractivity contribution in [2.45, 2.75) is 16.7 Å². The summed E-state index contributed by atoms with van der Waals surface area (Å²) in [6.45, 7) is 9.56. The summed E-state index contributed by atoms with van der Waals surface area (Å²) in [5.74, 6) is 0.195. The highest BCUT2D eigenvalue weighted by Gasteiger charge is 2.17. The Bertz CT molecular complexity index is 1040. The molecule has 0 saturated carbocycles. The van der Waals surface area contributed by atoms with E-state index in [0.717, 1.165) is 16.7 Å². The van der Waals surface area contributed by atoms with Crippen LogP contribution in [0.1, 0.15) is 11.1 Å². The fourth-order valence-corrected chi connectivity index (χ4v) is 3.87. The number of allylic oxidation sites excluding steroid dienone is 4. The van der Waals surface area contributed by atoms with Gasteiger partial charge in [-0.05, 0) is 54.5 Å². The Balaban J connectivity index is 1.97. The summed E-state index contributed by atoms with van der Waals surface area (Å²) in [6.07, 6.45) is 5.02. The Morgan fingerprint density at radius 2 is 1.68 bits per heavy atom. The Kier molecular flexibility index (Phi) is 6.46. The maximum atomic E-state index is 10.6. The third kappa shape index (κ3) is 4.59. The zero-order valence-electron chi connectivity index (χ0n) is 15.9. The first-order valence-corrected chi connectivity index (χ1v) is 9.90. The maximum Gasteiger partial charge on any atom is 0.354 e. The summed E-state index contributed by atoms with van der Waals surface area (Å²) in [4.78, 5) is 13.0. The zero-order chi connectivity index (χ0) is 19.9. The summed E-state index contributed by atoms with van der Waals surface area (Å²) in [5.41, 5.74) is 4.84. The van der Waals surface area contributed by atoms with Gasteiger partial charge in [0, 0.05) is 9.79 Å². The van der Waals surface area contributed by atoms with Gasteiger partial charge in [0.2, 0.25) is 0 Å². The highest BCUT2D eigenvalue weighted by atomic mass is 32.2. The van der Waals surface area contributed by atoms with Crippen LogP contribution in [0.25, 0.3) is 11.1 Å². The lowest BCUT2D eigenvalue weighted by molar-refractivity contribution is 0.679. The molecule has 0 aliphatic rings. The lowest BCUT2D eigenvalue weighted by Crippen LogP contribution is -2.03. The third-order valence-electron chi connectivity index (χ3n) is 4.37.